The lowest BCUT2D eigenvalue weighted by atomic mass is 10.2. The van der Waals surface area contributed by atoms with Crippen LogP contribution in [0, 0.1) is 0 Å². The normalized spacial score (nSPS) is 11.2. The van der Waals surface area contributed by atoms with Crippen molar-refractivity contribution in [2.45, 2.75) is 6.54 Å². The molecule has 0 aliphatic carbocycles. The molecule has 2 heterocycles. The Morgan fingerprint density at radius 3 is 2.93 bits per heavy atom. The minimum absolute atomic E-state index is 0.213. The maximum Gasteiger partial charge on any atom is 0.244 e. The van der Waals surface area contributed by atoms with Crippen LogP contribution in [0.2, 0.25) is 5.02 Å². The number of hydrogen-bond acceptors (Lipinski definition) is 5. The molecule has 27 heavy (non-hydrogen) atoms. The average molecular weight is 403 g/mol. The molecule has 0 atom stereocenters. The molecule has 1 amide bonds. The van der Waals surface area contributed by atoms with Crippen LogP contribution in [0.5, 0.6) is 5.88 Å². The van der Waals surface area contributed by atoms with Crippen molar-refractivity contribution in [2.24, 2.45) is 0 Å². The molecule has 3 rings (SSSR count). The van der Waals surface area contributed by atoms with Gasteiger partial charge in [-0.15, -0.1) is 11.3 Å². The van der Waals surface area contributed by atoms with Crippen LogP contribution in [0.4, 0.5) is 0 Å². The first-order chi connectivity index (χ1) is 13.2. The van der Waals surface area contributed by atoms with E-state index in [0.717, 1.165) is 20.5 Å². The molecule has 0 spiro atoms. The SMILES string of the molecule is COCCOc1ncccc1CNC(=O)/C=C/c1sc2ccccc2c1Cl. The van der Waals surface area contributed by atoms with Gasteiger partial charge in [0.25, 0.3) is 0 Å². The van der Waals surface area contributed by atoms with Crippen LogP contribution in [0.3, 0.4) is 0 Å². The predicted octanol–water partition coefficient (Wildman–Crippen LogP) is 4.30. The van der Waals surface area contributed by atoms with Crippen LogP contribution in [0.25, 0.3) is 16.2 Å². The number of halogens is 1. The fraction of sp³-hybridized carbons (Fsp3) is 0.200. The van der Waals surface area contributed by atoms with Crippen molar-refractivity contribution >= 4 is 45.0 Å². The molecular weight excluding hydrogens is 384 g/mol. The number of benzene rings is 1. The number of methoxy groups -OCH3 is 1. The van der Waals surface area contributed by atoms with Gasteiger partial charge in [0, 0.05) is 46.5 Å². The second kappa shape index (κ2) is 9.50. The second-order valence-corrected chi connectivity index (χ2v) is 7.10. The first-order valence-electron chi connectivity index (χ1n) is 8.37. The van der Waals surface area contributed by atoms with E-state index in [-0.39, 0.29) is 5.91 Å². The van der Waals surface area contributed by atoms with Crippen LogP contribution < -0.4 is 10.1 Å². The Labute approximate surface area is 166 Å². The standard InChI is InChI=1S/C20H19ClN2O3S/c1-25-11-12-26-20-14(5-4-10-22-20)13-23-18(24)9-8-17-19(21)15-6-2-3-7-16(15)27-17/h2-10H,11-13H2,1H3,(H,23,24)/b9-8+. The van der Waals surface area contributed by atoms with Crippen LogP contribution in [-0.4, -0.2) is 31.2 Å². The van der Waals surface area contributed by atoms with Gasteiger partial charge in [-0.2, -0.15) is 0 Å². The van der Waals surface area contributed by atoms with E-state index >= 15 is 0 Å². The molecule has 0 bridgehead atoms. The third-order valence-electron chi connectivity index (χ3n) is 3.78. The summed E-state index contributed by atoms with van der Waals surface area (Å²) in [5.74, 6) is 0.279. The van der Waals surface area contributed by atoms with Gasteiger partial charge in [-0.25, -0.2) is 4.98 Å². The zero-order chi connectivity index (χ0) is 19.1. The van der Waals surface area contributed by atoms with Crippen LogP contribution in [-0.2, 0) is 16.1 Å². The lowest BCUT2D eigenvalue weighted by Crippen LogP contribution is -2.21. The average Bonchev–Trinajstić information content (AvgIpc) is 3.02. The highest BCUT2D eigenvalue weighted by Crippen LogP contribution is 2.35. The summed E-state index contributed by atoms with van der Waals surface area (Å²) in [4.78, 5) is 17.2. The van der Waals surface area contributed by atoms with Gasteiger partial charge in [0.1, 0.15) is 6.61 Å². The maximum absolute atomic E-state index is 12.2. The molecule has 0 aliphatic heterocycles. The number of hydrogen-bond donors (Lipinski definition) is 1. The number of thiophene rings is 1. The summed E-state index contributed by atoms with van der Waals surface area (Å²) >= 11 is 7.94. The van der Waals surface area contributed by atoms with Crippen molar-refractivity contribution in [3.8, 4) is 5.88 Å². The molecular formula is C20H19ClN2O3S. The molecule has 0 aliphatic rings. The van der Waals surface area contributed by atoms with Crippen molar-refractivity contribution in [3.63, 3.8) is 0 Å². The highest BCUT2D eigenvalue weighted by molar-refractivity contribution is 7.20. The minimum atomic E-state index is -0.213. The largest absolute Gasteiger partial charge is 0.475 e. The van der Waals surface area contributed by atoms with Crippen molar-refractivity contribution in [1.82, 2.24) is 10.3 Å². The minimum Gasteiger partial charge on any atom is -0.475 e. The number of rotatable bonds is 8. The Morgan fingerprint density at radius 1 is 1.26 bits per heavy atom. The van der Waals surface area contributed by atoms with Gasteiger partial charge < -0.3 is 14.8 Å². The van der Waals surface area contributed by atoms with Crippen molar-refractivity contribution in [3.05, 3.63) is 64.1 Å². The lowest BCUT2D eigenvalue weighted by Gasteiger charge is -2.10. The molecule has 0 radical (unpaired) electrons. The van der Waals surface area contributed by atoms with E-state index in [1.807, 2.05) is 30.3 Å². The van der Waals surface area contributed by atoms with Gasteiger partial charge in [-0.05, 0) is 18.2 Å². The molecule has 3 aromatic rings. The number of nitrogens with zero attached hydrogens (tertiary/aromatic N) is 1. The Bertz CT molecular complexity index is 955. The van der Waals surface area contributed by atoms with Gasteiger partial charge >= 0.3 is 0 Å². The molecule has 140 valence electrons. The summed E-state index contributed by atoms with van der Waals surface area (Å²) in [7, 11) is 1.61. The first kappa shape index (κ1) is 19.4. The molecule has 7 heteroatoms. The quantitative estimate of drug-likeness (QED) is 0.450. The molecule has 0 saturated carbocycles. The van der Waals surface area contributed by atoms with Gasteiger partial charge in [0.05, 0.1) is 11.6 Å². The van der Waals surface area contributed by atoms with E-state index < -0.39 is 0 Å². The van der Waals surface area contributed by atoms with E-state index in [0.29, 0.717) is 30.7 Å². The molecule has 2 aromatic heterocycles. The Morgan fingerprint density at radius 2 is 2.11 bits per heavy atom. The van der Waals surface area contributed by atoms with Crippen molar-refractivity contribution in [2.75, 3.05) is 20.3 Å². The third kappa shape index (κ3) is 5.07. The van der Waals surface area contributed by atoms with E-state index in [2.05, 4.69) is 10.3 Å². The monoisotopic (exact) mass is 402 g/mol. The number of pyridine rings is 1. The first-order valence-corrected chi connectivity index (χ1v) is 9.57. The number of fused-ring (bicyclic) bond motifs is 1. The van der Waals surface area contributed by atoms with E-state index in [4.69, 9.17) is 21.1 Å². The third-order valence-corrected chi connectivity index (χ3v) is 5.43. The number of amides is 1. The van der Waals surface area contributed by atoms with Crippen LogP contribution in [0.15, 0.2) is 48.7 Å². The van der Waals surface area contributed by atoms with E-state index in [1.54, 1.807) is 36.8 Å². The Balaban J connectivity index is 1.61. The van der Waals surface area contributed by atoms with Crippen LogP contribution in [0.1, 0.15) is 10.4 Å². The zero-order valence-electron chi connectivity index (χ0n) is 14.8. The molecule has 5 nitrogen and oxygen atoms in total. The van der Waals surface area contributed by atoms with Crippen molar-refractivity contribution in [1.29, 1.82) is 0 Å². The smallest absolute Gasteiger partial charge is 0.244 e. The summed E-state index contributed by atoms with van der Waals surface area (Å²) in [6.07, 6.45) is 4.87. The number of aromatic nitrogens is 1. The summed E-state index contributed by atoms with van der Waals surface area (Å²) in [6.45, 7) is 1.19. The van der Waals surface area contributed by atoms with Gasteiger partial charge in [0.2, 0.25) is 11.8 Å². The topological polar surface area (TPSA) is 60.5 Å². The Hall–Kier alpha value is -2.41. The molecule has 1 N–H and O–H groups in total. The highest BCUT2D eigenvalue weighted by atomic mass is 35.5. The highest BCUT2D eigenvalue weighted by Gasteiger charge is 2.08. The Kier molecular flexibility index (Phi) is 6.81. The summed E-state index contributed by atoms with van der Waals surface area (Å²) < 4.78 is 11.6. The number of carbonyl (C=O) groups is 1. The molecule has 0 saturated heterocycles. The summed E-state index contributed by atoms with van der Waals surface area (Å²) in [6, 6.07) is 11.6. The zero-order valence-corrected chi connectivity index (χ0v) is 16.3. The molecule has 1 aromatic carbocycles. The van der Waals surface area contributed by atoms with Crippen molar-refractivity contribution < 1.29 is 14.3 Å². The lowest BCUT2D eigenvalue weighted by molar-refractivity contribution is -0.116. The fourth-order valence-electron chi connectivity index (χ4n) is 2.44. The number of ether oxygens (including phenoxy) is 2. The maximum atomic E-state index is 12.2. The number of carbonyl (C=O) groups excluding carboxylic acids is 1. The van der Waals surface area contributed by atoms with E-state index in [9.17, 15) is 4.79 Å². The summed E-state index contributed by atoms with van der Waals surface area (Å²) in [5.41, 5.74) is 0.801. The van der Waals surface area contributed by atoms with Gasteiger partial charge in [-0.3, -0.25) is 4.79 Å². The predicted molar refractivity (Wildman–Crippen MR) is 109 cm³/mol. The second-order valence-electron chi connectivity index (χ2n) is 5.64. The summed E-state index contributed by atoms with van der Waals surface area (Å²) in [5, 5.41) is 4.50. The van der Waals surface area contributed by atoms with Gasteiger partial charge in [-0.1, -0.05) is 35.9 Å². The van der Waals surface area contributed by atoms with Gasteiger partial charge in [0.15, 0.2) is 0 Å². The fourth-order valence-corrected chi connectivity index (χ4v) is 3.84. The number of nitrogens with one attached hydrogen (secondary N) is 1. The molecule has 0 unspecified atom stereocenters. The van der Waals surface area contributed by atoms with E-state index in [1.165, 1.54) is 6.08 Å². The van der Waals surface area contributed by atoms with Crippen LogP contribution >= 0.6 is 22.9 Å². The molecule has 0 fully saturated rings.